The molecule has 0 saturated heterocycles. The Labute approximate surface area is 207 Å². The highest BCUT2D eigenvalue weighted by Crippen LogP contribution is 2.44. The monoisotopic (exact) mass is 487 g/mol. The molecule has 5 rings (SSSR count). The largest absolute Gasteiger partial charge is 0.350 e. The van der Waals surface area contributed by atoms with Crippen LogP contribution in [0.3, 0.4) is 0 Å². The number of fused-ring (bicyclic) bond motifs is 3. The van der Waals surface area contributed by atoms with Crippen molar-refractivity contribution in [3.05, 3.63) is 94.8 Å². The molecule has 0 bridgehead atoms. The highest BCUT2D eigenvalue weighted by Gasteiger charge is 2.40. The molecule has 0 radical (unpaired) electrons. The molecule has 0 aliphatic carbocycles. The summed E-state index contributed by atoms with van der Waals surface area (Å²) in [7, 11) is 1.97. The summed E-state index contributed by atoms with van der Waals surface area (Å²) in [4.78, 5) is 29.2. The van der Waals surface area contributed by atoms with Crippen LogP contribution in [0.5, 0.6) is 0 Å². The lowest BCUT2D eigenvalue weighted by molar-refractivity contribution is -0.125. The summed E-state index contributed by atoms with van der Waals surface area (Å²) in [6.45, 7) is 4.17. The number of amides is 2. The fourth-order valence-electron chi connectivity index (χ4n) is 4.70. The molecule has 1 aliphatic rings. The molecular weight excluding hydrogens is 461 g/mol. The lowest BCUT2D eigenvalue weighted by atomic mass is 10.00. The highest BCUT2D eigenvalue weighted by atomic mass is 32.2. The first-order valence-corrected chi connectivity index (χ1v) is 12.5. The van der Waals surface area contributed by atoms with E-state index < -0.39 is 6.04 Å². The molecule has 7 heteroatoms. The minimum atomic E-state index is -0.848. The van der Waals surface area contributed by atoms with Crippen LogP contribution in [0.2, 0.25) is 0 Å². The van der Waals surface area contributed by atoms with Gasteiger partial charge in [0.2, 0.25) is 11.8 Å². The van der Waals surface area contributed by atoms with Crippen molar-refractivity contribution in [2.24, 2.45) is 7.05 Å². The average molecular weight is 488 g/mol. The van der Waals surface area contributed by atoms with Crippen LogP contribution in [-0.4, -0.2) is 22.1 Å². The number of carbonyl (C=O) groups excluding carboxylic acids is 2. The van der Waals surface area contributed by atoms with E-state index in [1.54, 1.807) is 17.0 Å². The van der Waals surface area contributed by atoms with Crippen molar-refractivity contribution in [1.29, 1.82) is 0 Å². The molecule has 0 unspecified atom stereocenters. The van der Waals surface area contributed by atoms with Gasteiger partial charge in [-0.25, -0.2) is 4.39 Å². The van der Waals surface area contributed by atoms with E-state index >= 15 is 0 Å². The summed E-state index contributed by atoms with van der Waals surface area (Å²) in [5.74, 6) is -0.491. The molecule has 35 heavy (non-hydrogen) atoms. The summed E-state index contributed by atoms with van der Waals surface area (Å²) in [5, 5.41) is 4.87. The van der Waals surface area contributed by atoms with Crippen LogP contribution in [0.4, 0.5) is 10.1 Å². The summed E-state index contributed by atoms with van der Waals surface area (Å²) >= 11 is 1.47. The van der Waals surface area contributed by atoms with Crippen molar-refractivity contribution < 1.29 is 14.0 Å². The topological polar surface area (TPSA) is 54.3 Å². The number of carbonyl (C=O) groups is 2. The Balaban J connectivity index is 1.66. The molecule has 2 amide bonds. The Morgan fingerprint density at radius 1 is 1.09 bits per heavy atom. The lowest BCUT2D eigenvalue weighted by Gasteiger charge is -2.31. The maximum atomic E-state index is 13.9. The molecule has 178 valence electrons. The summed E-state index contributed by atoms with van der Waals surface area (Å²) in [6, 6.07) is 19.1. The van der Waals surface area contributed by atoms with Gasteiger partial charge in [-0.05, 0) is 54.8 Å². The lowest BCUT2D eigenvalue weighted by Crippen LogP contribution is -2.44. The van der Waals surface area contributed by atoms with Crippen molar-refractivity contribution in [3.63, 3.8) is 0 Å². The Kier molecular flexibility index (Phi) is 6.11. The number of halogens is 1. The molecule has 4 aromatic rings. The van der Waals surface area contributed by atoms with Gasteiger partial charge >= 0.3 is 0 Å². The van der Waals surface area contributed by atoms with Gasteiger partial charge in [-0.2, -0.15) is 0 Å². The molecule has 0 saturated carbocycles. The zero-order chi connectivity index (χ0) is 24.7. The van der Waals surface area contributed by atoms with E-state index in [9.17, 15) is 14.0 Å². The van der Waals surface area contributed by atoms with Crippen LogP contribution in [0.25, 0.3) is 10.9 Å². The number of hydrogen-bond donors (Lipinski definition) is 1. The predicted octanol–water partition coefficient (Wildman–Crippen LogP) is 5.43. The van der Waals surface area contributed by atoms with Gasteiger partial charge in [-0.3, -0.25) is 14.5 Å². The number of para-hydroxylation sites is 1. The van der Waals surface area contributed by atoms with Crippen LogP contribution in [0.1, 0.15) is 28.3 Å². The quantitative estimate of drug-likeness (QED) is 0.418. The molecule has 0 fully saturated rings. The van der Waals surface area contributed by atoms with Crippen LogP contribution in [-0.2, 0) is 23.2 Å². The average Bonchev–Trinajstić information content (AvgIpc) is 3.03. The fourth-order valence-corrected chi connectivity index (χ4v) is 5.77. The van der Waals surface area contributed by atoms with Gasteiger partial charge < -0.3 is 9.88 Å². The van der Waals surface area contributed by atoms with Crippen LogP contribution >= 0.6 is 11.8 Å². The number of aryl methyl sites for hydroxylation is 3. The second kappa shape index (κ2) is 9.23. The molecule has 3 aromatic carbocycles. The molecule has 1 atom stereocenters. The third-order valence-electron chi connectivity index (χ3n) is 6.48. The summed E-state index contributed by atoms with van der Waals surface area (Å²) in [6.07, 6.45) is 0. The Hall–Kier alpha value is -3.58. The van der Waals surface area contributed by atoms with Gasteiger partial charge in [-0.15, -0.1) is 0 Å². The van der Waals surface area contributed by atoms with Gasteiger partial charge in [0.1, 0.15) is 11.9 Å². The van der Waals surface area contributed by atoms with Gasteiger partial charge in [0.25, 0.3) is 0 Å². The van der Waals surface area contributed by atoms with E-state index in [4.69, 9.17) is 0 Å². The second-order valence-corrected chi connectivity index (χ2v) is 9.85. The van der Waals surface area contributed by atoms with E-state index in [-0.39, 0.29) is 29.9 Å². The summed E-state index contributed by atoms with van der Waals surface area (Å²) in [5.41, 5.74) is 5.30. The maximum absolute atomic E-state index is 13.9. The van der Waals surface area contributed by atoms with E-state index in [0.29, 0.717) is 0 Å². The second-order valence-electron chi connectivity index (χ2n) is 8.88. The molecule has 5 nitrogen and oxygen atoms in total. The first-order chi connectivity index (χ1) is 16.8. The number of nitrogens with zero attached hydrogens (tertiary/aromatic N) is 2. The van der Waals surface area contributed by atoms with Crippen LogP contribution < -0.4 is 10.2 Å². The van der Waals surface area contributed by atoms with Gasteiger partial charge in [0.15, 0.2) is 0 Å². The van der Waals surface area contributed by atoms with E-state index in [1.165, 1.54) is 23.9 Å². The first kappa shape index (κ1) is 23.2. The third kappa shape index (κ3) is 4.21. The van der Waals surface area contributed by atoms with E-state index in [2.05, 4.69) is 9.88 Å². The Morgan fingerprint density at radius 2 is 1.83 bits per heavy atom. The number of anilines is 1. The van der Waals surface area contributed by atoms with Crippen LogP contribution in [0.15, 0.2) is 71.8 Å². The van der Waals surface area contributed by atoms with Crippen LogP contribution in [0, 0.1) is 19.7 Å². The highest BCUT2D eigenvalue weighted by molar-refractivity contribution is 8.00. The zero-order valence-electron chi connectivity index (χ0n) is 19.8. The fraction of sp³-hybridized carbons (Fsp3) is 0.214. The van der Waals surface area contributed by atoms with Gasteiger partial charge in [0, 0.05) is 35.7 Å². The van der Waals surface area contributed by atoms with Crippen molar-refractivity contribution in [3.8, 4) is 0 Å². The van der Waals surface area contributed by atoms with Crippen molar-refractivity contribution >= 4 is 40.2 Å². The Bertz CT molecular complexity index is 1440. The minimum absolute atomic E-state index is 0.120. The van der Waals surface area contributed by atoms with Crippen molar-refractivity contribution in [2.75, 3.05) is 10.7 Å². The van der Waals surface area contributed by atoms with Crippen molar-refractivity contribution in [2.45, 2.75) is 31.5 Å². The number of benzene rings is 3. The van der Waals surface area contributed by atoms with Gasteiger partial charge in [0.05, 0.1) is 10.8 Å². The van der Waals surface area contributed by atoms with Crippen molar-refractivity contribution in [1.82, 2.24) is 9.88 Å². The standard InChI is InChI=1S/C28H26FN3O2S/c1-17-8-9-18(2)23(14-17)32-24(33)16-35-28-25(21-6-4-5-7-22(21)31(28)3)26(32)27(34)30-15-19-10-12-20(29)13-11-19/h4-14,26H,15-16H2,1-3H3,(H,30,34)/t26-/m1/s1. The number of nitrogens with one attached hydrogen (secondary N) is 1. The normalized spacial score (nSPS) is 15.7. The molecule has 1 N–H and O–H groups in total. The predicted molar refractivity (Wildman–Crippen MR) is 138 cm³/mol. The zero-order valence-corrected chi connectivity index (χ0v) is 20.7. The van der Waals surface area contributed by atoms with Gasteiger partial charge in [-0.1, -0.05) is 54.2 Å². The smallest absolute Gasteiger partial charge is 0.248 e. The van der Waals surface area contributed by atoms with E-state index in [0.717, 1.165) is 43.9 Å². The molecule has 2 heterocycles. The molecule has 1 aromatic heterocycles. The first-order valence-electron chi connectivity index (χ1n) is 11.5. The number of thioether (sulfide) groups is 1. The SMILES string of the molecule is Cc1ccc(C)c(N2C(=O)CSc3c(c4ccccc4n3C)[C@@H]2C(=O)NCc2ccc(F)cc2)c1. The molecule has 1 aliphatic heterocycles. The van der Waals surface area contributed by atoms with E-state index in [1.807, 2.05) is 63.4 Å². The Morgan fingerprint density at radius 3 is 2.60 bits per heavy atom. The number of aromatic nitrogens is 1. The third-order valence-corrected chi connectivity index (χ3v) is 7.63. The molecule has 0 spiro atoms. The maximum Gasteiger partial charge on any atom is 0.248 e. The minimum Gasteiger partial charge on any atom is -0.350 e. The summed E-state index contributed by atoms with van der Waals surface area (Å²) < 4.78 is 15.4. The number of hydrogen-bond acceptors (Lipinski definition) is 3. The number of rotatable bonds is 4. The molecular formula is C28H26FN3O2S.